The van der Waals surface area contributed by atoms with E-state index in [1.54, 1.807) is 0 Å². The molecule has 3 amide bonds. The van der Waals surface area contributed by atoms with Crippen LogP contribution in [0.15, 0.2) is 24.6 Å². The molecule has 0 aromatic rings. The van der Waals surface area contributed by atoms with Gasteiger partial charge < -0.3 is 0 Å². The highest BCUT2D eigenvalue weighted by Crippen LogP contribution is 2.08. The van der Waals surface area contributed by atoms with E-state index in [2.05, 4.69) is 6.58 Å². The fourth-order valence-electron chi connectivity index (χ4n) is 0.722. The van der Waals surface area contributed by atoms with E-state index in [1.807, 2.05) is 0 Å². The molecule has 0 bridgehead atoms. The maximum Gasteiger partial charge on any atom is 0.295 e. The molecule has 0 saturated heterocycles. The number of carbonyl (C=O) groups is 3. The van der Waals surface area contributed by atoms with Gasteiger partial charge in [-0.1, -0.05) is 6.58 Å². The Morgan fingerprint density at radius 3 is 2.08 bits per heavy atom. The Balaban J connectivity index is 2.91. The summed E-state index contributed by atoms with van der Waals surface area (Å²) in [5.74, 6) is -4.33. The van der Waals surface area contributed by atoms with Gasteiger partial charge in [0.1, 0.15) is 0 Å². The van der Waals surface area contributed by atoms with E-state index in [0.29, 0.717) is 0 Å². The molecule has 0 fully saturated rings. The van der Waals surface area contributed by atoms with Gasteiger partial charge in [0.2, 0.25) is 0 Å². The highest BCUT2D eigenvalue weighted by atomic mass is 19.1. The van der Waals surface area contributed by atoms with Gasteiger partial charge in [0.05, 0.1) is 0 Å². The molecular formula is C7H4FNO3. The van der Waals surface area contributed by atoms with Gasteiger partial charge in [-0.25, -0.2) is 9.29 Å². The fraction of sp³-hybridized carbons (Fsp3) is 0. The molecule has 1 aliphatic heterocycles. The summed E-state index contributed by atoms with van der Waals surface area (Å²) >= 11 is 0. The molecule has 1 heterocycles. The first-order valence-corrected chi connectivity index (χ1v) is 2.99. The number of hydrogen-bond donors (Lipinski definition) is 0. The Labute approximate surface area is 67.0 Å². The molecule has 5 heteroatoms. The minimum atomic E-state index is -1.33. The first-order valence-electron chi connectivity index (χ1n) is 2.99. The van der Waals surface area contributed by atoms with E-state index in [1.165, 1.54) is 0 Å². The molecular weight excluding hydrogens is 165 g/mol. The quantitative estimate of drug-likeness (QED) is 0.407. The largest absolute Gasteiger partial charge is 0.295 e. The van der Waals surface area contributed by atoms with Crippen LogP contribution < -0.4 is 0 Å². The average Bonchev–Trinajstić information content (AvgIpc) is 2.30. The van der Waals surface area contributed by atoms with Crippen molar-refractivity contribution in [2.24, 2.45) is 0 Å². The molecule has 1 rings (SSSR count). The highest BCUT2D eigenvalue weighted by Gasteiger charge is 2.31. The molecule has 1 aliphatic rings. The normalized spacial score (nSPS) is 15.6. The second kappa shape index (κ2) is 2.69. The number of carbonyl (C=O) groups excluding carboxylic acids is 3. The maximum absolute atomic E-state index is 12.2. The Kier molecular flexibility index (Phi) is 1.86. The summed E-state index contributed by atoms with van der Waals surface area (Å²) in [5, 5.41) is 0. The minimum Gasteiger partial charge on any atom is -0.269 e. The first kappa shape index (κ1) is 8.32. The molecule has 4 nitrogen and oxygen atoms in total. The third-order valence-electron chi connectivity index (χ3n) is 1.24. The monoisotopic (exact) mass is 169 g/mol. The van der Waals surface area contributed by atoms with Crippen molar-refractivity contribution in [2.75, 3.05) is 0 Å². The van der Waals surface area contributed by atoms with Crippen LogP contribution in [0.3, 0.4) is 0 Å². The van der Waals surface area contributed by atoms with Crippen LogP contribution in [-0.4, -0.2) is 22.6 Å². The van der Waals surface area contributed by atoms with Crippen molar-refractivity contribution in [1.29, 1.82) is 0 Å². The van der Waals surface area contributed by atoms with Crippen LogP contribution in [0.4, 0.5) is 4.39 Å². The summed E-state index contributed by atoms with van der Waals surface area (Å²) in [7, 11) is 0. The van der Waals surface area contributed by atoms with Crippen molar-refractivity contribution in [2.45, 2.75) is 0 Å². The molecule has 0 aromatic carbocycles. The predicted octanol–water partition coefficient (Wildman–Crippen LogP) is -0.0788. The molecule has 0 radical (unpaired) electrons. The number of halogens is 1. The maximum atomic E-state index is 12.2. The molecule has 0 unspecified atom stereocenters. The Hall–Kier alpha value is -1.78. The Morgan fingerprint density at radius 1 is 1.33 bits per heavy atom. The SMILES string of the molecule is C=C(F)C(=O)N1C(=O)C=CC1=O. The molecule has 62 valence electrons. The van der Waals surface area contributed by atoms with E-state index in [9.17, 15) is 18.8 Å². The summed E-state index contributed by atoms with van der Waals surface area (Å²) in [5.41, 5.74) is 0. The van der Waals surface area contributed by atoms with E-state index in [0.717, 1.165) is 12.2 Å². The van der Waals surface area contributed by atoms with E-state index in [4.69, 9.17) is 0 Å². The van der Waals surface area contributed by atoms with Gasteiger partial charge >= 0.3 is 0 Å². The minimum absolute atomic E-state index is 0.183. The topological polar surface area (TPSA) is 54.5 Å². The molecule has 0 saturated carbocycles. The van der Waals surface area contributed by atoms with Crippen LogP contribution in [0.2, 0.25) is 0 Å². The Morgan fingerprint density at radius 2 is 1.75 bits per heavy atom. The number of nitrogens with zero attached hydrogens (tertiary/aromatic N) is 1. The lowest BCUT2D eigenvalue weighted by Gasteiger charge is -2.08. The van der Waals surface area contributed by atoms with Crippen molar-refractivity contribution in [3.8, 4) is 0 Å². The number of hydrogen-bond acceptors (Lipinski definition) is 3. The zero-order chi connectivity index (χ0) is 9.30. The highest BCUT2D eigenvalue weighted by molar-refractivity contribution is 6.25. The van der Waals surface area contributed by atoms with Gasteiger partial charge in [-0.15, -0.1) is 0 Å². The fourth-order valence-corrected chi connectivity index (χ4v) is 0.722. The first-order chi connectivity index (χ1) is 5.54. The second-order valence-electron chi connectivity index (χ2n) is 2.06. The van der Waals surface area contributed by atoms with Crippen LogP contribution in [0.25, 0.3) is 0 Å². The molecule has 0 atom stereocenters. The standard InChI is InChI=1S/C7H4FNO3/c1-4(8)7(12)9-5(10)2-3-6(9)11/h2-3H,1H2. The van der Waals surface area contributed by atoms with E-state index in [-0.39, 0.29) is 4.90 Å². The third-order valence-corrected chi connectivity index (χ3v) is 1.24. The van der Waals surface area contributed by atoms with Gasteiger partial charge in [-0.2, -0.15) is 0 Å². The summed E-state index contributed by atoms with van der Waals surface area (Å²) in [6, 6.07) is 0. The lowest BCUT2D eigenvalue weighted by molar-refractivity contribution is -0.147. The van der Waals surface area contributed by atoms with Crippen molar-refractivity contribution >= 4 is 17.7 Å². The van der Waals surface area contributed by atoms with Crippen LogP contribution in [0.5, 0.6) is 0 Å². The van der Waals surface area contributed by atoms with Crippen LogP contribution >= 0.6 is 0 Å². The summed E-state index contributed by atoms with van der Waals surface area (Å²) in [6.45, 7) is 2.68. The van der Waals surface area contributed by atoms with Crippen LogP contribution in [0.1, 0.15) is 0 Å². The predicted molar refractivity (Wildman–Crippen MR) is 36.2 cm³/mol. The molecule has 0 aliphatic carbocycles. The summed E-state index contributed by atoms with van der Waals surface area (Å²) in [6.07, 6.45) is 1.78. The van der Waals surface area contributed by atoms with E-state index < -0.39 is 23.5 Å². The van der Waals surface area contributed by atoms with E-state index >= 15 is 0 Å². The lowest BCUT2D eigenvalue weighted by Crippen LogP contribution is -2.36. The van der Waals surface area contributed by atoms with Gasteiger partial charge in [0.25, 0.3) is 17.7 Å². The van der Waals surface area contributed by atoms with Gasteiger partial charge in [-0.05, 0) is 0 Å². The van der Waals surface area contributed by atoms with Crippen molar-refractivity contribution < 1.29 is 18.8 Å². The number of imide groups is 3. The molecule has 0 aromatic heterocycles. The van der Waals surface area contributed by atoms with Crippen molar-refractivity contribution in [1.82, 2.24) is 4.90 Å². The molecule has 0 N–H and O–H groups in total. The number of amides is 3. The Bertz CT molecular complexity index is 301. The summed E-state index contributed by atoms with van der Waals surface area (Å²) in [4.78, 5) is 32.4. The van der Waals surface area contributed by atoms with Crippen molar-refractivity contribution in [3.05, 3.63) is 24.6 Å². The van der Waals surface area contributed by atoms with Gasteiger partial charge in [0, 0.05) is 12.2 Å². The number of rotatable bonds is 1. The van der Waals surface area contributed by atoms with Crippen LogP contribution in [-0.2, 0) is 14.4 Å². The van der Waals surface area contributed by atoms with Gasteiger partial charge in [-0.3, -0.25) is 14.4 Å². The zero-order valence-electron chi connectivity index (χ0n) is 5.91. The van der Waals surface area contributed by atoms with Gasteiger partial charge in [0.15, 0.2) is 5.83 Å². The lowest BCUT2D eigenvalue weighted by atomic mass is 10.4. The smallest absolute Gasteiger partial charge is 0.269 e. The third kappa shape index (κ3) is 1.16. The second-order valence-corrected chi connectivity index (χ2v) is 2.06. The average molecular weight is 169 g/mol. The molecule has 0 spiro atoms. The van der Waals surface area contributed by atoms with Crippen LogP contribution in [0, 0.1) is 0 Å². The molecule has 12 heavy (non-hydrogen) atoms. The summed E-state index contributed by atoms with van der Waals surface area (Å²) < 4.78 is 12.2. The zero-order valence-corrected chi connectivity index (χ0v) is 5.91. The van der Waals surface area contributed by atoms with Crippen molar-refractivity contribution in [3.63, 3.8) is 0 Å².